The molecule has 0 unspecified atom stereocenters. The van der Waals surface area contributed by atoms with E-state index in [1.165, 1.54) is 11.3 Å². The third-order valence-electron chi connectivity index (χ3n) is 3.90. The Labute approximate surface area is 144 Å². The molecule has 1 aliphatic rings. The topological polar surface area (TPSA) is 71.5 Å². The zero-order valence-electron chi connectivity index (χ0n) is 13.9. The molecule has 126 valence electrons. The summed E-state index contributed by atoms with van der Waals surface area (Å²) in [4.78, 5) is 30.7. The second-order valence-corrected chi connectivity index (χ2v) is 6.55. The Hall–Kier alpha value is -2.41. The van der Waals surface area contributed by atoms with Crippen molar-refractivity contribution >= 4 is 34.0 Å². The zero-order valence-corrected chi connectivity index (χ0v) is 14.7. The highest BCUT2D eigenvalue weighted by atomic mass is 32.1. The molecule has 7 heteroatoms. The number of carbonyl (C=O) groups excluding carboxylic acids is 2. The van der Waals surface area contributed by atoms with E-state index in [4.69, 9.17) is 4.74 Å². The number of thiazole rings is 1. The Morgan fingerprint density at radius 3 is 2.92 bits per heavy atom. The van der Waals surface area contributed by atoms with Crippen LogP contribution in [0.3, 0.4) is 0 Å². The molecular formula is C17H19N3O3S. The number of benzene rings is 1. The van der Waals surface area contributed by atoms with Crippen LogP contribution in [-0.4, -0.2) is 30.5 Å². The van der Waals surface area contributed by atoms with Gasteiger partial charge in [-0.2, -0.15) is 0 Å². The van der Waals surface area contributed by atoms with Crippen LogP contribution in [0.2, 0.25) is 0 Å². The van der Waals surface area contributed by atoms with Crippen molar-refractivity contribution in [3.05, 3.63) is 23.1 Å². The van der Waals surface area contributed by atoms with Gasteiger partial charge < -0.3 is 15.0 Å². The Balaban J connectivity index is 2.00. The maximum atomic E-state index is 11.8. The fourth-order valence-electron chi connectivity index (χ4n) is 2.50. The predicted molar refractivity (Wildman–Crippen MR) is 94.8 cm³/mol. The van der Waals surface area contributed by atoms with Gasteiger partial charge in [-0.1, -0.05) is 13.8 Å². The van der Waals surface area contributed by atoms with Crippen LogP contribution in [0.5, 0.6) is 5.75 Å². The SMILES string of the molecule is CCC(=O)Nc1nc(-c2ccc3c(c2)N(C)C(=O)CO3)c(CC)s1. The normalized spacial score (nSPS) is 13.5. The molecule has 2 heterocycles. The summed E-state index contributed by atoms with van der Waals surface area (Å²) in [6, 6.07) is 5.70. The molecule has 0 spiro atoms. The molecule has 0 fully saturated rings. The van der Waals surface area contributed by atoms with Crippen molar-refractivity contribution in [2.45, 2.75) is 26.7 Å². The quantitative estimate of drug-likeness (QED) is 0.924. The molecule has 3 rings (SSSR count). The van der Waals surface area contributed by atoms with Gasteiger partial charge in [0.15, 0.2) is 11.7 Å². The second-order valence-electron chi connectivity index (χ2n) is 5.47. The number of aryl methyl sites for hydroxylation is 1. The number of fused-ring (bicyclic) bond motifs is 1. The highest BCUT2D eigenvalue weighted by Gasteiger charge is 2.23. The lowest BCUT2D eigenvalue weighted by Gasteiger charge is -2.26. The van der Waals surface area contributed by atoms with Crippen molar-refractivity contribution in [3.8, 4) is 17.0 Å². The summed E-state index contributed by atoms with van der Waals surface area (Å²) in [6.45, 7) is 3.92. The van der Waals surface area contributed by atoms with Crippen LogP contribution in [0.4, 0.5) is 10.8 Å². The largest absolute Gasteiger partial charge is 0.482 e. The standard InChI is InChI=1S/C17H19N3O3S/c1-4-13-16(19-17(24-13)18-14(21)5-2)10-6-7-12-11(8-10)20(3)15(22)9-23-12/h6-8H,4-5,9H2,1-3H3,(H,18,19,21). The maximum absolute atomic E-state index is 11.8. The van der Waals surface area contributed by atoms with Crippen LogP contribution in [-0.2, 0) is 16.0 Å². The van der Waals surface area contributed by atoms with Crippen LogP contribution in [0.1, 0.15) is 25.1 Å². The minimum Gasteiger partial charge on any atom is -0.482 e. The first kappa shape index (κ1) is 16.4. The van der Waals surface area contributed by atoms with E-state index in [1.807, 2.05) is 18.2 Å². The third kappa shape index (κ3) is 2.99. The summed E-state index contributed by atoms with van der Waals surface area (Å²) < 4.78 is 5.46. The van der Waals surface area contributed by atoms with Gasteiger partial charge in [0.2, 0.25) is 5.91 Å². The number of ether oxygens (including phenoxy) is 1. The molecule has 0 aliphatic carbocycles. The number of nitrogens with zero attached hydrogens (tertiary/aromatic N) is 2. The van der Waals surface area contributed by atoms with Crippen LogP contribution in [0.25, 0.3) is 11.3 Å². The molecule has 0 saturated carbocycles. The van der Waals surface area contributed by atoms with E-state index in [0.29, 0.717) is 17.3 Å². The molecule has 0 radical (unpaired) electrons. The lowest BCUT2D eigenvalue weighted by atomic mass is 10.1. The van der Waals surface area contributed by atoms with E-state index in [0.717, 1.165) is 28.2 Å². The van der Waals surface area contributed by atoms with Crippen molar-refractivity contribution < 1.29 is 14.3 Å². The molecule has 1 aromatic heterocycles. The van der Waals surface area contributed by atoms with Gasteiger partial charge in [-0.05, 0) is 24.6 Å². The number of hydrogen-bond donors (Lipinski definition) is 1. The lowest BCUT2D eigenvalue weighted by molar-refractivity contribution is -0.121. The predicted octanol–water partition coefficient (Wildman–Crippen LogP) is 3.08. The fourth-order valence-corrected chi connectivity index (χ4v) is 3.44. The number of nitrogens with one attached hydrogen (secondary N) is 1. The average Bonchev–Trinajstić information content (AvgIpc) is 3.00. The van der Waals surface area contributed by atoms with Crippen LogP contribution in [0, 0.1) is 0 Å². The smallest absolute Gasteiger partial charge is 0.264 e. The first-order valence-electron chi connectivity index (χ1n) is 7.86. The molecule has 2 aromatic rings. The van der Waals surface area contributed by atoms with E-state index in [1.54, 1.807) is 18.9 Å². The van der Waals surface area contributed by atoms with E-state index >= 15 is 0 Å². The van der Waals surface area contributed by atoms with Gasteiger partial charge in [0.25, 0.3) is 5.91 Å². The number of carbonyl (C=O) groups is 2. The van der Waals surface area contributed by atoms with E-state index in [-0.39, 0.29) is 18.4 Å². The first-order chi connectivity index (χ1) is 11.5. The summed E-state index contributed by atoms with van der Waals surface area (Å²) in [5.41, 5.74) is 2.48. The monoisotopic (exact) mass is 345 g/mol. The Bertz CT molecular complexity index is 800. The Morgan fingerprint density at radius 2 is 2.21 bits per heavy atom. The number of rotatable bonds is 4. The highest BCUT2D eigenvalue weighted by Crippen LogP contribution is 2.38. The first-order valence-corrected chi connectivity index (χ1v) is 8.68. The molecule has 0 bridgehead atoms. The third-order valence-corrected chi connectivity index (χ3v) is 5.02. The van der Waals surface area contributed by atoms with E-state index in [2.05, 4.69) is 17.2 Å². The van der Waals surface area contributed by atoms with E-state index < -0.39 is 0 Å². The zero-order chi connectivity index (χ0) is 17.3. The molecule has 0 atom stereocenters. The van der Waals surface area contributed by atoms with Crippen LogP contribution in [0.15, 0.2) is 18.2 Å². The molecule has 2 amide bonds. The van der Waals surface area contributed by atoms with Gasteiger partial charge in [0.1, 0.15) is 5.75 Å². The molecule has 24 heavy (non-hydrogen) atoms. The second kappa shape index (κ2) is 6.60. The number of likely N-dealkylation sites (N-methyl/N-ethyl adjacent to an activating group) is 1. The fraction of sp³-hybridized carbons (Fsp3) is 0.353. The van der Waals surface area contributed by atoms with Crippen LogP contribution < -0.4 is 15.0 Å². The van der Waals surface area contributed by atoms with Gasteiger partial charge in [-0.3, -0.25) is 9.59 Å². The number of amides is 2. The summed E-state index contributed by atoms with van der Waals surface area (Å²) in [7, 11) is 1.74. The summed E-state index contributed by atoms with van der Waals surface area (Å²) >= 11 is 1.48. The van der Waals surface area contributed by atoms with Crippen molar-refractivity contribution in [2.75, 3.05) is 23.9 Å². The van der Waals surface area contributed by atoms with Crippen molar-refractivity contribution in [1.82, 2.24) is 4.98 Å². The highest BCUT2D eigenvalue weighted by molar-refractivity contribution is 7.16. The van der Waals surface area contributed by atoms with Gasteiger partial charge in [-0.15, -0.1) is 11.3 Å². The summed E-state index contributed by atoms with van der Waals surface area (Å²) in [6.07, 6.45) is 1.23. The minimum atomic E-state index is -0.0791. The summed E-state index contributed by atoms with van der Waals surface area (Å²) in [5, 5.41) is 3.42. The van der Waals surface area contributed by atoms with E-state index in [9.17, 15) is 9.59 Å². The Morgan fingerprint density at radius 1 is 1.42 bits per heavy atom. The lowest BCUT2D eigenvalue weighted by Crippen LogP contribution is -2.35. The molecule has 6 nitrogen and oxygen atoms in total. The van der Waals surface area contributed by atoms with Crippen molar-refractivity contribution in [2.24, 2.45) is 0 Å². The van der Waals surface area contributed by atoms with Crippen molar-refractivity contribution in [3.63, 3.8) is 0 Å². The molecule has 1 aromatic carbocycles. The molecule has 1 aliphatic heterocycles. The molecule has 0 saturated heterocycles. The number of hydrogen-bond acceptors (Lipinski definition) is 5. The Kier molecular flexibility index (Phi) is 4.53. The van der Waals surface area contributed by atoms with Gasteiger partial charge in [0.05, 0.1) is 11.4 Å². The number of anilines is 2. The van der Waals surface area contributed by atoms with Gasteiger partial charge in [0, 0.05) is 23.9 Å². The van der Waals surface area contributed by atoms with Gasteiger partial charge in [-0.25, -0.2) is 4.98 Å². The van der Waals surface area contributed by atoms with Crippen molar-refractivity contribution in [1.29, 1.82) is 0 Å². The number of aromatic nitrogens is 1. The average molecular weight is 345 g/mol. The molecule has 1 N–H and O–H groups in total. The minimum absolute atomic E-state index is 0.0536. The van der Waals surface area contributed by atoms with Gasteiger partial charge >= 0.3 is 0 Å². The molecular weight excluding hydrogens is 326 g/mol. The summed E-state index contributed by atoms with van der Waals surface area (Å²) in [5.74, 6) is 0.556. The van der Waals surface area contributed by atoms with Crippen LogP contribution >= 0.6 is 11.3 Å². The maximum Gasteiger partial charge on any atom is 0.264 e.